The minimum absolute atomic E-state index is 0. The van der Waals surface area contributed by atoms with Crippen molar-refractivity contribution in [3.05, 3.63) is 65.7 Å². The van der Waals surface area contributed by atoms with E-state index in [-0.39, 0.29) is 24.2 Å². The number of amides is 2. The van der Waals surface area contributed by atoms with E-state index in [1.807, 2.05) is 36.6 Å². The SMILES string of the molecule is CSCCC(N)C(=O)Nc1cccc(C(=O)NCc2ccccc2)c1.Cl. The highest BCUT2D eigenvalue weighted by atomic mass is 35.5. The number of nitrogens with one attached hydrogen (secondary N) is 2. The van der Waals surface area contributed by atoms with Crippen molar-refractivity contribution in [2.45, 2.75) is 19.0 Å². The van der Waals surface area contributed by atoms with Crippen molar-refractivity contribution in [1.29, 1.82) is 0 Å². The second-order valence-electron chi connectivity index (χ2n) is 5.63. The van der Waals surface area contributed by atoms with Crippen LogP contribution in [-0.2, 0) is 11.3 Å². The number of carbonyl (C=O) groups excluding carboxylic acids is 2. The second kappa shape index (κ2) is 11.6. The molecule has 4 N–H and O–H groups in total. The molecule has 0 radical (unpaired) electrons. The van der Waals surface area contributed by atoms with Gasteiger partial charge < -0.3 is 16.4 Å². The summed E-state index contributed by atoms with van der Waals surface area (Å²) in [5.41, 5.74) is 7.94. The number of thioether (sulfide) groups is 1. The Morgan fingerprint density at radius 1 is 1.12 bits per heavy atom. The smallest absolute Gasteiger partial charge is 0.251 e. The van der Waals surface area contributed by atoms with E-state index in [0.29, 0.717) is 24.2 Å². The van der Waals surface area contributed by atoms with Gasteiger partial charge in [-0.15, -0.1) is 12.4 Å². The number of hydrogen-bond acceptors (Lipinski definition) is 4. The predicted octanol–water partition coefficient (Wildman–Crippen LogP) is 3.06. The van der Waals surface area contributed by atoms with E-state index in [9.17, 15) is 9.59 Å². The Bertz CT molecular complexity index is 713. The summed E-state index contributed by atoms with van der Waals surface area (Å²) in [5.74, 6) is 0.402. The van der Waals surface area contributed by atoms with Gasteiger partial charge in [-0.05, 0) is 42.2 Å². The highest BCUT2D eigenvalue weighted by molar-refractivity contribution is 7.98. The predicted molar refractivity (Wildman–Crippen MR) is 111 cm³/mol. The van der Waals surface area contributed by atoms with Crippen molar-refractivity contribution in [2.24, 2.45) is 5.73 Å². The van der Waals surface area contributed by atoms with Crippen LogP contribution in [0.1, 0.15) is 22.3 Å². The standard InChI is InChI=1S/C19H23N3O2S.ClH/c1-25-11-10-17(20)19(24)22-16-9-5-8-15(12-16)18(23)21-13-14-6-3-2-4-7-14;/h2-9,12,17H,10-11,13,20H2,1H3,(H,21,23)(H,22,24);1H. The summed E-state index contributed by atoms with van der Waals surface area (Å²) < 4.78 is 0. The molecule has 0 aliphatic heterocycles. The number of nitrogens with two attached hydrogens (primary N) is 1. The first kappa shape index (κ1) is 22.0. The highest BCUT2D eigenvalue weighted by Crippen LogP contribution is 2.12. The molecule has 0 heterocycles. The van der Waals surface area contributed by atoms with Gasteiger partial charge in [0, 0.05) is 17.8 Å². The molecule has 1 atom stereocenters. The summed E-state index contributed by atoms with van der Waals surface area (Å²) in [5, 5.41) is 5.63. The zero-order valence-corrected chi connectivity index (χ0v) is 16.2. The minimum atomic E-state index is -0.553. The Balaban J connectivity index is 0.00000338. The molecule has 0 aliphatic rings. The number of rotatable bonds is 8. The van der Waals surface area contributed by atoms with Crippen molar-refractivity contribution in [3.8, 4) is 0 Å². The molecule has 2 rings (SSSR count). The number of carbonyl (C=O) groups is 2. The van der Waals surface area contributed by atoms with Crippen LogP contribution in [0.4, 0.5) is 5.69 Å². The molecule has 0 saturated heterocycles. The Hall–Kier alpha value is -2.02. The van der Waals surface area contributed by atoms with Crippen LogP contribution in [0.25, 0.3) is 0 Å². The van der Waals surface area contributed by atoms with Gasteiger partial charge in [0.25, 0.3) is 5.91 Å². The molecule has 0 bridgehead atoms. The molecule has 0 aromatic heterocycles. The average molecular weight is 394 g/mol. The number of halogens is 1. The van der Waals surface area contributed by atoms with Crippen LogP contribution in [-0.4, -0.2) is 29.9 Å². The van der Waals surface area contributed by atoms with Crippen molar-refractivity contribution in [2.75, 3.05) is 17.3 Å². The molecule has 7 heteroatoms. The lowest BCUT2D eigenvalue weighted by atomic mass is 10.1. The van der Waals surface area contributed by atoms with Gasteiger partial charge in [0.15, 0.2) is 0 Å². The van der Waals surface area contributed by atoms with Crippen molar-refractivity contribution in [1.82, 2.24) is 5.32 Å². The maximum atomic E-state index is 12.3. The molecule has 0 fully saturated rings. The normalized spacial score (nSPS) is 11.2. The fourth-order valence-electron chi connectivity index (χ4n) is 2.23. The second-order valence-corrected chi connectivity index (χ2v) is 6.61. The third-order valence-corrected chi connectivity index (χ3v) is 4.30. The van der Waals surface area contributed by atoms with E-state index in [1.165, 1.54) is 0 Å². The van der Waals surface area contributed by atoms with E-state index in [2.05, 4.69) is 10.6 Å². The Morgan fingerprint density at radius 2 is 1.85 bits per heavy atom. The lowest BCUT2D eigenvalue weighted by Crippen LogP contribution is -2.36. The lowest BCUT2D eigenvalue weighted by molar-refractivity contribution is -0.117. The van der Waals surface area contributed by atoms with Crippen molar-refractivity contribution >= 4 is 41.7 Å². The third kappa shape index (κ3) is 7.07. The van der Waals surface area contributed by atoms with Crippen LogP contribution in [0.2, 0.25) is 0 Å². The van der Waals surface area contributed by atoms with Gasteiger partial charge in [0.1, 0.15) is 0 Å². The summed E-state index contributed by atoms with van der Waals surface area (Å²) in [7, 11) is 0. The molecular formula is C19H24ClN3O2S. The first-order valence-corrected chi connectivity index (χ1v) is 9.47. The number of hydrogen-bond donors (Lipinski definition) is 3. The van der Waals surface area contributed by atoms with Crippen LogP contribution in [0.5, 0.6) is 0 Å². The fraction of sp³-hybridized carbons (Fsp3) is 0.263. The Morgan fingerprint density at radius 3 is 2.54 bits per heavy atom. The van der Waals surface area contributed by atoms with Crippen molar-refractivity contribution in [3.63, 3.8) is 0 Å². The van der Waals surface area contributed by atoms with Gasteiger partial charge in [-0.25, -0.2) is 0 Å². The maximum absolute atomic E-state index is 12.3. The largest absolute Gasteiger partial charge is 0.348 e. The first-order valence-electron chi connectivity index (χ1n) is 8.07. The highest BCUT2D eigenvalue weighted by Gasteiger charge is 2.14. The van der Waals surface area contributed by atoms with Gasteiger partial charge in [-0.2, -0.15) is 11.8 Å². The van der Waals surface area contributed by atoms with Gasteiger partial charge in [-0.3, -0.25) is 9.59 Å². The molecule has 0 spiro atoms. The summed E-state index contributed by atoms with van der Waals surface area (Å²) in [6, 6.07) is 16.0. The topological polar surface area (TPSA) is 84.2 Å². The quantitative estimate of drug-likeness (QED) is 0.643. The summed E-state index contributed by atoms with van der Waals surface area (Å²) in [6.45, 7) is 0.454. The molecule has 140 valence electrons. The van der Waals surface area contributed by atoms with E-state index < -0.39 is 6.04 Å². The summed E-state index contributed by atoms with van der Waals surface area (Å²) >= 11 is 1.65. The summed E-state index contributed by atoms with van der Waals surface area (Å²) in [6.07, 6.45) is 2.59. The molecule has 2 aromatic rings. The zero-order chi connectivity index (χ0) is 18.1. The molecular weight excluding hydrogens is 370 g/mol. The molecule has 0 aliphatic carbocycles. The minimum Gasteiger partial charge on any atom is -0.348 e. The van der Waals surface area contributed by atoms with Gasteiger partial charge in [-0.1, -0.05) is 36.4 Å². The zero-order valence-electron chi connectivity index (χ0n) is 14.6. The van der Waals surface area contributed by atoms with Crippen molar-refractivity contribution < 1.29 is 9.59 Å². The summed E-state index contributed by atoms with van der Waals surface area (Å²) in [4.78, 5) is 24.3. The molecule has 0 saturated carbocycles. The van der Waals surface area contributed by atoms with E-state index in [4.69, 9.17) is 5.73 Å². The third-order valence-electron chi connectivity index (χ3n) is 3.66. The van der Waals surface area contributed by atoms with Gasteiger partial charge in [0.2, 0.25) is 5.91 Å². The number of anilines is 1. The lowest BCUT2D eigenvalue weighted by Gasteiger charge is -2.12. The van der Waals surface area contributed by atoms with E-state index in [1.54, 1.807) is 36.0 Å². The molecule has 2 aromatic carbocycles. The molecule has 5 nitrogen and oxygen atoms in total. The average Bonchev–Trinajstić information content (AvgIpc) is 2.65. The Kier molecular flexibility index (Phi) is 9.80. The van der Waals surface area contributed by atoms with Crippen LogP contribution in [0.3, 0.4) is 0 Å². The van der Waals surface area contributed by atoms with Crippen LogP contribution < -0.4 is 16.4 Å². The van der Waals surface area contributed by atoms with Crippen LogP contribution >= 0.6 is 24.2 Å². The van der Waals surface area contributed by atoms with E-state index in [0.717, 1.165) is 11.3 Å². The molecule has 2 amide bonds. The number of benzene rings is 2. The van der Waals surface area contributed by atoms with Gasteiger partial charge in [0.05, 0.1) is 6.04 Å². The van der Waals surface area contributed by atoms with Crippen LogP contribution in [0, 0.1) is 0 Å². The van der Waals surface area contributed by atoms with Gasteiger partial charge >= 0.3 is 0 Å². The molecule has 26 heavy (non-hydrogen) atoms. The van der Waals surface area contributed by atoms with E-state index >= 15 is 0 Å². The first-order chi connectivity index (χ1) is 12.1. The monoisotopic (exact) mass is 393 g/mol. The Labute approximate surface area is 164 Å². The maximum Gasteiger partial charge on any atom is 0.251 e. The fourth-order valence-corrected chi connectivity index (χ4v) is 2.72. The van der Waals surface area contributed by atoms with Crippen LogP contribution in [0.15, 0.2) is 54.6 Å². The molecule has 1 unspecified atom stereocenters.